The molecule has 0 saturated heterocycles. The standard InChI is InChI=1S/C8H9N3O4/c1-6-5-7(10(12)13)3-4-8(6)9(2)11(14)15/h3-5H,1-2H3. The zero-order valence-corrected chi connectivity index (χ0v) is 8.21. The molecule has 80 valence electrons. The van der Waals surface area contributed by atoms with Gasteiger partial charge in [0.15, 0.2) is 5.03 Å². The van der Waals surface area contributed by atoms with Crippen molar-refractivity contribution in [2.24, 2.45) is 0 Å². The minimum atomic E-state index is -0.589. The molecule has 0 heterocycles. The van der Waals surface area contributed by atoms with Gasteiger partial charge in [-0.3, -0.25) is 10.1 Å². The Morgan fingerprint density at radius 2 is 1.87 bits per heavy atom. The van der Waals surface area contributed by atoms with Gasteiger partial charge >= 0.3 is 0 Å². The number of aryl methyl sites for hydroxylation is 1. The zero-order valence-electron chi connectivity index (χ0n) is 8.21. The van der Waals surface area contributed by atoms with E-state index in [9.17, 15) is 20.2 Å². The van der Waals surface area contributed by atoms with Crippen LogP contribution in [0.25, 0.3) is 0 Å². The van der Waals surface area contributed by atoms with E-state index in [2.05, 4.69) is 0 Å². The summed E-state index contributed by atoms with van der Waals surface area (Å²) in [6.45, 7) is 1.59. The predicted molar refractivity (Wildman–Crippen MR) is 53.2 cm³/mol. The van der Waals surface area contributed by atoms with Gasteiger partial charge in [0.25, 0.3) is 5.69 Å². The second-order valence-electron chi connectivity index (χ2n) is 2.99. The topological polar surface area (TPSA) is 89.5 Å². The van der Waals surface area contributed by atoms with Crippen molar-refractivity contribution in [2.75, 3.05) is 12.1 Å². The Kier molecular flexibility index (Phi) is 2.84. The minimum absolute atomic E-state index is 0.0759. The van der Waals surface area contributed by atoms with Crippen LogP contribution in [0.3, 0.4) is 0 Å². The molecule has 0 aromatic heterocycles. The van der Waals surface area contributed by atoms with E-state index in [0.29, 0.717) is 11.3 Å². The molecule has 7 heteroatoms. The van der Waals surface area contributed by atoms with E-state index in [1.165, 1.54) is 25.2 Å². The van der Waals surface area contributed by atoms with Crippen molar-refractivity contribution in [3.05, 3.63) is 44.0 Å². The molecular formula is C8H9N3O4. The Balaban J connectivity index is 3.13. The first kappa shape index (κ1) is 10.9. The molecule has 0 radical (unpaired) electrons. The number of anilines is 1. The Hall–Kier alpha value is -2.18. The largest absolute Gasteiger partial charge is 0.269 e. The first-order chi connectivity index (χ1) is 6.93. The van der Waals surface area contributed by atoms with E-state index >= 15 is 0 Å². The molecular weight excluding hydrogens is 202 g/mol. The average Bonchev–Trinajstić information content (AvgIpc) is 2.16. The molecule has 1 rings (SSSR count). The summed E-state index contributed by atoms with van der Waals surface area (Å²) in [6, 6.07) is 3.90. The maximum Gasteiger partial charge on any atom is 0.269 e. The normalized spacial score (nSPS) is 9.73. The first-order valence-electron chi connectivity index (χ1n) is 4.06. The number of hydrazine groups is 1. The lowest BCUT2D eigenvalue weighted by Gasteiger charge is -2.10. The number of non-ortho nitro benzene ring substituents is 1. The van der Waals surface area contributed by atoms with E-state index in [1.54, 1.807) is 6.92 Å². The van der Waals surface area contributed by atoms with Gasteiger partial charge in [-0.05, 0) is 18.6 Å². The van der Waals surface area contributed by atoms with Crippen molar-refractivity contribution >= 4 is 11.4 Å². The van der Waals surface area contributed by atoms with E-state index in [-0.39, 0.29) is 5.69 Å². The Morgan fingerprint density at radius 3 is 2.27 bits per heavy atom. The van der Waals surface area contributed by atoms with Gasteiger partial charge in [0, 0.05) is 12.1 Å². The van der Waals surface area contributed by atoms with E-state index < -0.39 is 9.96 Å². The van der Waals surface area contributed by atoms with E-state index in [1.807, 2.05) is 0 Å². The number of rotatable bonds is 3. The second kappa shape index (κ2) is 3.91. The highest BCUT2D eigenvalue weighted by Gasteiger charge is 2.16. The lowest BCUT2D eigenvalue weighted by molar-refractivity contribution is -0.490. The molecule has 1 aromatic carbocycles. The summed E-state index contributed by atoms with van der Waals surface area (Å²) in [5, 5.41) is 21.1. The summed E-state index contributed by atoms with van der Waals surface area (Å²) >= 11 is 0. The van der Waals surface area contributed by atoms with Crippen LogP contribution in [-0.4, -0.2) is 17.0 Å². The van der Waals surface area contributed by atoms with Crippen LogP contribution in [0, 0.1) is 27.2 Å². The number of nitro benzene ring substituents is 1. The molecule has 1 aromatic rings. The van der Waals surface area contributed by atoms with Gasteiger partial charge in [-0.2, -0.15) is 0 Å². The Morgan fingerprint density at radius 1 is 1.27 bits per heavy atom. The van der Waals surface area contributed by atoms with Crippen LogP contribution >= 0.6 is 0 Å². The number of nitrogens with zero attached hydrogens (tertiary/aromatic N) is 3. The summed E-state index contributed by atoms with van der Waals surface area (Å²) in [7, 11) is 1.29. The van der Waals surface area contributed by atoms with Gasteiger partial charge in [0.05, 0.1) is 12.0 Å². The van der Waals surface area contributed by atoms with Crippen LogP contribution in [0.2, 0.25) is 0 Å². The lowest BCUT2D eigenvalue weighted by atomic mass is 10.2. The predicted octanol–water partition coefficient (Wildman–Crippen LogP) is 1.53. The Bertz CT molecular complexity index is 418. The van der Waals surface area contributed by atoms with Crippen LogP contribution in [0.15, 0.2) is 18.2 Å². The summed E-state index contributed by atoms with van der Waals surface area (Å²) in [4.78, 5) is 20.4. The van der Waals surface area contributed by atoms with Crippen LogP contribution in [0.4, 0.5) is 11.4 Å². The lowest BCUT2D eigenvalue weighted by Crippen LogP contribution is -2.25. The monoisotopic (exact) mass is 211 g/mol. The fraction of sp³-hybridized carbons (Fsp3) is 0.250. The number of nitro groups is 2. The van der Waals surface area contributed by atoms with Gasteiger partial charge in [-0.1, -0.05) is 5.01 Å². The van der Waals surface area contributed by atoms with Gasteiger partial charge in [-0.25, -0.2) is 10.1 Å². The van der Waals surface area contributed by atoms with Gasteiger partial charge in [0.1, 0.15) is 5.69 Å². The Labute approximate surface area is 85.2 Å². The number of benzene rings is 1. The quantitative estimate of drug-likeness (QED) is 0.558. The molecule has 0 spiro atoms. The highest BCUT2D eigenvalue weighted by atomic mass is 16.7. The van der Waals surface area contributed by atoms with Gasteiger partial charge in [-0.15, -0.1) is 0 Å². The molecule has 0 bridgehead atoms. The zero-order chi connectivity index (χ0) is 11.6. The fourth-order valence-electron chi connectivity index (χ4n) is 1.20. The van der Waals surface area contributed by atoms with Crippen LogP contribution in [0.1, 0.15) is 5.56 Å². The van der Waals surface area contributed by atoms with Crippen LogP contribution in [0.5, 0.6) is 0 Å². The second-order valence-corrected chi connectivity index (χ2v) is 2.99. The molecule has 0 aliphatic carbocycles. The van der Waals surface area contributed by atoms with Crippen molar-refractivity contribution in [1.82, 2.24) is 0 Å². The minimum Gasteiger partial charge on any atom is -0.258 e. The highest BCUT2D eigenvalue weighted by Crippen LogP contribution is 2.23. The third-order valence-corrected chi connectivity index (χ3v) is 1.98. The van der Waals surface area contributed by atoms with E-state index in [4.69, 9.17) is 0 Å². The molecule has 0 unspecified atom stereocenters. The number of hydrogen-bond donors (Lipinski definition) is 0. The molecule has 0 fully saturated rings. The van der Waals surface area contributed by atoms with Crippen molar-refractivity contribution in [1.29, 1.82) is 0 Å². The molecule has 0 amide bonds. The number of hydrogen-bond acceptors (Lipinski definition) is 4. The van der Waals surface area contributed by atoms with E-state index in [0.717, 1.165) is 5.01 Å². The summed E-state index contributed by atoms with van der Waals surface area (Å²) in [6.07, 6.45) is 0. The fourth-order valence-corrected chi connectivity index (χ4v) is 1.20. The van der Waals surface area contributed by atoms with Crippen molar-refractivity contribution in [3.63, 3.8) is 0 Å². The average molecular weight is 211 g/mol. The third kappa shape index (κ3) is 2.19. The molecule has 15 heavy (non-hydrogen) atoms. The van der Waals surface area contributed by atoms with Crippen molar-refractivity contribution < 1.29 is 9.96 Å². The molecule has 0 aliphatic heterocycles. The van der Waals surface area contributed by atoms with Gasteiger partial charge < -0.3 is 0 Å². The van der Waals surface area contributed by atoms with Crippen molar-refractivity contribution in [2.45, 2.75) is 6.92 Å². The maximum absolute atomic E-state index is 10.5. The summed E-state index contributed by atoms with van der Waals surface area (Å²) in [5.74, 6) is 0. The summed E-state index contributed by atoms with van der Waals surface area (Å²) < 4.78 is 0. The highest BCUT2D eigenvalue weighted by molar-refractivity contribution is 5.55. The first-order valence-corrected chi connectivity index (χ1v) is 4.06. The van der Waals surface area contributed by atoms with Crippen LogP contribution < -0.4 is 5.01 Å². The summed E-state index contributed by atoms with van der Waals surface area (Å²) in [5.41, 5.74) is 0.752. The molecule has 0 aliphatic rings. The smallest absolute Gasteiger partial charge is 0.258 e. The van der Waals surface area contributed by atoms with Gasteiger partial charge in [0.2, 0.25) is 0 Å². The molecule has 0 N–H and O–H groups in total. The SMILES string of the molecule is Cc1cc([N+](=O)[O-])ccc1N(C)[N+](=O)[O-]. The molecule has 0 saturated carbocycles. The molecule has 0 atom stereocenters. The van der Waals surface area contributed by atoms with Crippen LogP contribution in [-0.2, 0) is 0 Å². The van der Waals surface area contributed by atoms with Crippen molar-refractivity contribution in [3.8, 4) is 0 Å². The third-order valence-electron chi connectivity index (χ3n) is 1.98. The maximum atomic E-state index is 10.5. The molecule has 7 nitrogen and oxygen atoms in total.